The predicted molar refractivity (Wildman–Crippen MR) is 58.0 cm³/mol. The van der Waals surface area contributed by atoms with Crippen molar-refractivity contribution in [2.75, 3.05) is 19.8 Å². The minimum Gasteiger partial charge on any atom is -0.386 e. The van der Waals surface area contributed by atoms with Gasteiger partial charge in [0.05, 0.1) is 19.3 Å². The summed E-state index contributed by atoms with van der Waals surface area (Å²) in [7, 11) is 0. The Kier molecular flexibility index (Phi) is 3.70. The van der Waals surface area contributed by atoms with E-state index in [0.717, 1.165) is 0 Å². The zero-order valence-electron chi connectivity index (χ0n) is 9.50. The molecule has 1 aromatic heterocycles. The Morgan fingerprint density at radius 3 is 3.18 bits per heavy atom. The summed E-state index contributed by atoms with van der Waals surface area (Å²) in [5, 5.41) is 20.0. The van der Waals surface area contributed by atoms with Gasteiger partial charge in [-0.2, -0.15) is 0 Å². The second-order valence-electron chi connectivity index (χ2n) is 4.22. The lowest BCUT2D eigenvalue weighted by molar-refractivity contribution is -0.122. The second kappa shape index (κ2) is 5.24. The smallest absolute Gasteiger partial charge is 0.221 e. The minimum atomic E-state index is -0.900. The third-order valence-electron chi connectivity index (χ3n) is 2.74. The Morgan fingerprint density at radius 2 is 2.53 bits per heavy atom. The van der Waals surface area contributed by atoms with Gasteiger partial charge in [-0.1, -0.05) is 5.21 Å². The maximum atomic E-state index is 11.5. The first kappa shape index (κ1) is 12.0. The van der Waals surface area contributed by atoms with Crippen LogP contribution in [0.1, 0.15) is 12.8 Å². The lowest BCUT2D eigenvalue weighted by atomic mass is 10.0. The Hall–Kier alpha value is -1.47. The number of ether oxygens (including phenoxy) is 1. The molecule has 2 rings (SSSR count). The highest BCUT2D eigenvalue weighted by Gasteiger charge is 2.32. The fourth-order valence-electron chi connectivity index (χ4n) is 1.66. The van der Waals surface area contributed by atoms with E-state index in [2.05, 4.69) is 15.6 Å². The van der Waals surface area contributed by atoms with Gasteiger partial charge < -0.3 is 15.2 Å². The summed E-state index contributed by atoms with van der Waals surface area (Å²) in [6.07, 6.45) is 4.15. The van der Waals surface area contributed by atoms with Crippen LogP contribution in [0.4, 0.5) is 0 Å². The van der Waals surface area contributed by atoms with E-state index in [4.69, 9.17) is 4.74 Å². The molecule has 1 amide bonds. The number of hydrogen-bond acceptors (Lipinski definition) is 5. The normalized spacial score (nSPS) is 23.8. The van der Waals surface area contributed by atoms with Gasteiger partial charge in [0.1, 0.15) is 5.60 Å². The summed E-state index contributed by atoms with van der Waals surface area (Å²) < 4.78 is 6.68. The standard InChI is InChI=1S/C10H16N4O3/c15-9(1-4-14-5-3-12-13-14)11-7-10(16)2-6-17-8-10/h3,5,16H,1-2,4,6-8H2,(H,11,15). The van der Waals surface area contributed by atoms with Crippen molar-refractivity contribution in [2.45, 2.75) is 25.0 Å². The Bertz CT molecular complexity index is 360. The van der Waals surface area contributed by atoms with E-state index in [9.17, 15) is 9.90 Å². The van der Waals surface area contributed by atoms with E-state index in [0.29, 0.717) is 26.0 Å². The van der Waals surface area contributed by atoms with Crippen molar-refractivity contribution in [2.24, 2.45) is 0 Å². The van der Waals surface area contributed by atoms with Gasteiger partial charge in [-0.05, 0) is 0 Å². The topological polar surface area (TPSA) is 89.3 Å². The molecule has 1 atom stereocenters. The molecule has 2 N–H and O–H groups in total. The molecule has 0 radical (unpaired) electrons. The summed E-state index contributed by atoms with van der Waals surface area (Å²) in [6, 6.07) is 0. The second-order valence-corrected chi connectivity index (χ2v) is 4.22. The van der Waals surface area contributed by atoms with E-state index in [1.165, 1.54) is 0 Å². The van der Waals surface area contributed by atoms with Crippen molar-refractivity contribution in [3.8, 4) is 0 Å². The van der Waals surface area contributed by atoms with E-state index in [1.807, 2.05) is 0 Å². The number of amides is 1. The molecule has 0 aliphatic carbocycles. The molecule has 7 nitrogen and oxygen atoms in total. The molecular formula is C10H16N4O3. The molecular weight excluding hydrogens is 224 g/mol. The highest BCUT2D eigenvalue weighted by Crippen LogP contribution is 2.16. The maximum Gasteiger partial charge on any atom is 0.221 e. The van der Waals surface area contributed by atoms with Crippen LogP contribution >= 0.6 is 0 Å². The fourth-order valence-corrected chi connectivity index (χ4v) is 1.66. The van der Waals surface area contributed by atoms with Crippen molar-refractivity contribution >= 4 is 5.91 Å². The van der Waals surface area contributed by atoms with Gasteiger partial charge in [-0.15, -0.1) is 5.10 Å². The number of hydrogen-bond donors (Lipinski definition) is 2. The Balaban J connectivity index is 1.67. The van der Waals surface area contributed by atoms with Gasteiger partial charge in [0.2, 0.25) is 5.91 Å². The zero-order chi connectivity index (χ0) is 12.1. The number of rotatable bonds is 5. The monoisotopic (exact) mass is 240 g/mol. The molecule has 1 aromatic rings. The highest BCUT2D eigenvalue weighted by atomic mass is 16.5. The predicted octanol–water partition coefficient (Wildman–Crippen LogP) is -1.06. The van der Waals surface area contributed by atoms with Gasteiger partial charge in [-0.25, -0.2) is 0 Å². The van der Waals surface area contributed by atoms with Crippen LogP contribution in [-0.4, -0.2) is 51.4 Å². The average molecular weight is 240 g/mol. The highest BCUT2D eigenvalue weighted by molar-refractivity contribution is 5.75. The van der Waals surface area contributed by atoms with Crippen LogP contribution in [0.3, 0.4) is 0 Å². The van der Waals surface area contributed by atoms with Crippen molar-refractivity contribution in [1.29, 1.82) is 0 Å². The summed E-state index contributed by atoms with van der Waals surface area (Å²) >= 11 is 0. The van der Waals surface area contributed by atoms with E-state index < -0.39 is 5.60 Å². The van der Waals surface area contributed by atoms with E-state index >= 15 is 0 Å². The summed E-state index contributed by atoms with van der Waals surface area (Å²) in [4.78, 5) is 11.5. The lowest BCUT2D eigenvalue weighted by Gasteiger charge is -2.20. The molecule has 94 valence electrons. The molecule has 1 unspecified atom stereocenters. The number of nitrogens with one attached hydrogen (secondary N) is 1. The molecule has 2 heterocycles. The molecule has 0 spiro atoms. The van der Waals surface area contributed by atoms with Crippen LogP contribution < -0.4 is 5.32 Å². The molecule has 1 aliphatic rings. The quantitative estimate of drug-likeness (QED) is 0.684. The van der Waals surface area contributed by atoms with Crippen molar-refractivity contribution in [1.82, 2.24) is 20.3 Å². The average Bonchev–Trinajstić information content (AvgIpc) is 2.95. The molecule has 1 saturated heterocycles. The van der Waals surface area contributed by atoms with Crippen LogP contribution in [-0.2, 0) is 16.1 Å². The van der Waals surface area contributed by atoms with Gasteiger partial charge in [0, 0.05) is 32.2 Å². The Morgan fingerprint density at radius 1 is 1.65 bits per heavy atom. The third-order valence-corrected chi connectivity index (χ3v) is 2.74. The summed E-state index contributed by atoms with van der Waals surface area (Å²) in [5.74, 6) is -0.110. The van der Waals surface area contributed by atoms with Gasteiger partial charge >= 0.3 is 0 Å². The molecule has 7 heteroatoms. The number of carbonyl (C=O) groups excluding carboxylic acids is 1. The Labute approximate surface area is 98.8 Å². The van der Waals surface area contributed by atoms with Crippen LogP contribution in [0, 0.1) is 0 Å². The van der Waals surface area contributed by atoms with Crippen molar-refractivity contribution in [3.05, 3.63) is 12.4 Å². The molecule has 1 aliphatic heterocycles. The summed E-state index contributed by atoms with van der Waals surface area (Å²) in [6.45, 7) is 1.56. The fraction of sp³-hybridized carbons (Fsp3) is 0.700. The molecule has 1 fully saturated rings. The molecule has 0 aromatic carbocycles. The number of nitrogens with zero attached hydrogens (tertiary/aromatic N) is 3. The van der Waals surface area contributed by atoms with Crippen molar-refractivity contribution < 1.29 is 14.6 Å². The first-order valence-corrected chi connectivity index (χ1v) is 5.59. The molecule has 0 bridgehead atoms. The first-order valence-electron chi connectivity index (χ1n) is 5.59. The number of aromatic nitrogens is 3. The minimum absolute atomic E-state index is 0.110. The first-order chi connectivity index (χ1) is 8.18. The van der Waals surface area contributed by atoms with Crippen molar-refractivity contribution in [3.63, 3.8) is 0 Å². The molecule has 17 heavy (non-hydrogen) atoms. The largest absolute Gasteiger partial charge is 0.386 e. The number of carbonyl (C=O) groups is 1. The van der Waals surface area contributed by atoms with E-state index in [-0.39, 0.29) is 19.1 Å². The van der Waals surface area contributed by atoms with Gasteiger partial charge in [0.25, 0.3) is 0 Å². The third kappa shape index (κ3) is 3.50. The maximum absolute atomic E-state index is 11.5. The zero-order valence-corrected chi connectivity index (χ0v) is 9.50. The van der Waals surface area contributed by atoms with Gasteiger partial charge in [0.15, 0.2) is 0 Å². The van der Waals surface area contributed by atoms with Gasteiger partial charge in [-0.3, -0.25) is 9.48 Å². The van der Waals surface area contributed by atoms with Crippen LogP contribution in [0.2, 0.25) is 0 Å². The van der Waals surface area contributed by atoms with E-state index in [1.54, 1.807) is 17.1 Å². The SMILES string of the molecule is O=C(CCn1ccnn1)NCC1(O)CCOC1. The summed E-state index contributed by atoms with van der Waals surface area (Å²) in [5.41, 5.74) is -0.900. The lowest BCUT2D eigenvalue weighted by Crippen LogP contribution is -2.43. The van der Waals surface area contributed by atoms with Crippen LogP contribution in [0.25, 0.3) is 0 Å². The number of aliphatic hydroxyl groups is 1. The number of aryl methyl sites for hydroxylation is 1. The van der Waals surface area contributed by atoms with Crippen LogP contribution in [0.5, 0.6) is 0 Å². The van der Waals surface area contributed by atoms with Crippen LogP contribution in [0.15, 0.2) is 12.4 Å². The molecule has 0 saturated carbocycles.